The first-order valence-electron chi connectivity index (χ1n) is 8.25. The summed E-state index contributed by atoms with van der Waals surface area (Å²) >= 11 is 1.61. The predicted molar refractivity (Wildman–Crippen MR) is 103 cm³/mol. The van der Waals surface area contributed by atoms with Crippen LogP contribution in [-0.4, -0.2) is 13.2 Å². The van der Waals surface area contributed by atoms with Gasteiger partial charge in [0.25, 0.3) is 5.91 Å². The van der Waals surface area contributed by atoms with Gasteiger partial charge in [-0.15, -0.1) is 11.3 Å². The third-order valence-electron chi connectivity index (χ3n) is 4.53. The van der Waals surface area contributed by atoms with Gasteiger partial charge in [0.05, 0.1) is 4.88 Å². The SMILES string of the molecule is Cc1ccc(CNC(=O)c2cc3c(s2)-c2ccccc2BC3)cc1. The molecule has 1 aliphatic rings. The van der Waals surface area contributed by atoms with Crippen LogP contribution in [0.15, 0.2) is 54.6 Å². The molecular formula is C20H18BNOS. The number of nitrogens with one attached hydrogen (secondary N) is 1. The Kier molecular flexibility index (Phi) is 3.99. The van der Waals surface area contributed by atoms with Crippen molar-refractivity contribution in [3.05, 3.63) is 76.2 Å². The molecule has 4 rings (SSSR count). The molecule has 1 N–H and O–H groups in total. The number of hydrogen-bond donors (Lipinski definition) is 1. The minimum absolute atomic E-state index is 0.0208. The van der Waals surface area contributed by atoms with E-state index in [1.54, 1.807) is 11.3 Å². The van der Waals surface area contributed by atoms with Gasteiger partial charge in [0.2, 0.25) is 0 Å². The summed E-state index contributed by atoms with van der Waals surface area (Å²) < 4.78 is 0. The summed E-state index contributed by atoms with van der Waals surface area (Å²) in [6.07, 6.45) is 1.02. The first-order chi connectivity index (χ1) is 11.7. The van der Waals surface area contributed by atoms with E-state index in [9.17, 15) is 4.79 Å². The van der Waals surface area contributed by atoms with Gasteiger partial charge in [-0.3, -0.25) is 4.79 Å². The molecule has 1 aromatic heterocycles. The molecule has 118 valence electrons. The summed E-state index contributed by atoms with van der Waals surface area (Å²) in [6, 6.07) is 18.9. The van der Waals surface area contributed by atoms with Gasteiger partial charge in [-0.25, -0.2) is 0 Å². The van der Waals surface area contributed by atoms with Crippen LogP contribution in [0, 0.1) is 6.92 Å². The van der Waals surface area contributed by atoms with Crippen LogP contribution in [0.25, 0.3) is 10.4 Å². The van der Waals surface area contributed by atoms with Crippen molar-refractivity contribution in [3.8, 4) is 10.4 Å². The minimum Gasteiger partial charge on any atom is -0.347 e. The molecule has 3 aromatic rings. The van der Waals surface area contributed by atoms with Crippen LogP contribution in [0.5, 0.6) is 0 Å². The van der Waals surface area contributed by atoms with E-state index in [-0.39, 0.29) is 5.91 Å². The highest BCUT2D eigenvalue weighted by Gasteiger charge is 2.21. The molecule has 0 aliphatic carbocycles. The molecule has 0 atom stereocenters. The Labute approximate surface area is 146 Å². The van der Waals surface area contributed by atoms with E-state index >= 15 is 0 Å². The number of carbonyl (C=O) groups excluding carboxylic acids is 1. The highest BCUT2D eigenvalue weighted by molar-refractivity contribution is 7.17. The van der Waals surface area contributed by atoms with Crippen molar-refractivity contribution in [2.45, 2.75) is 19.8 Å². The Morgan fingerprint density at radius 2 is 1.96 bits per heavy atom. The highest BCUT2D eigenvalue weighted by Crippen LogP contribution is 2.34. The van der Waals surface area contributed by atoms with E-state index in [4.69, 9.17) is 0 Å². The number of amides is 1. The lowest BCUT2D eigenvalue weighted by molar-refractivity contribution is 0.0955. The van der Waals surface area contributed by atoms with Gasteiger partial charge in [0.15, 0.2) is 7.28 Å². The van der Waals surface area contributed by atoms with Crippen LogP contribution in [0.1, 0.15) is 26.4 Å². The van der Waals surface area contributed by atoms with Crippen molar-refractivity contribution in [2.24, 2.45) is 0 Å². The van der Waals surface area contributed by atoms with Crippen LogP contribution in [0.3, 0.4) is 0 Å². The van der Waals surface area contributed by atoms with E-state index in [2.05, 4.69) is 66.8 Å². The maximum absolute atomic E-state index is 12.5. The van der Waals surface area contributed by atoms with E-state index in [0.717, 1.165) is 24.0 Å². The van der Waals surface area contributed by atoms with Gasteiger partial charge in [-0.2, -0.15) is 0 Å². The molecular weight excluding hydrogens is 313 g/mol. The second-order valence-corrected chi connectivity index (χ2v) is 7.34. The van der Waals surface area contributed by atoms with Crippen molar-refractivity contribution in [2.75, 3.05) is 0 Å². The lowest BCUT2D eigenvalue weighted by Gasteiger charge is -2.14. The number of fused-ring (bicyclic) bond motifs is 3. The molecule has 0 fully saturated rings. The maximum atomic E-state index is 12.5. The van der Waals surface area contributed by atoms with Crippen molar-refractivity contribution < 1.29 is 4.79 Å². The first kappa shape index (κ1) is 15.2. The van der Waals surface area contributed by atoms with Gasteiger partial charge in [-0.05, 0) is 36.0 Å². The van der Waals surface area contributed by atoms with Gasteiger partial charge >= 0.3 is 0 Å². The van der Waals surface area contributed by atoms with E-state index in [0.29, 0.717) is 6.54 Å². The molecule has 1 amide bonds. The third kappa shape index (κ3) is 2.90. The Bertz CT molecular complexity index is 898. The number of rotatable bonds is 3. The lowest BCUT2D eigenvalue weighted by atomic mass is 9.60. The summed E-state index contributed by atoms with van der Waals surface area (Å²) in [4.78, 5) is 14.6. The number of aryl methyl sites for hydroxylation is 1. The molecule has 0 bridgehead atoms. The number of carbonyl (C=O) groups is 1. The van der Waals surface area contributed by atoms with Crippen LogP contribution >= 0.6 is 11.3 Å². The topological polar surface area (TPSA) is 29.1 Å². The van der Waals surface area contributed by atoms with Crippen LogP contribution in [0.2, 0.25) is 0 Å². The van der Waals surface area contributed by atoms with Crippen molar-refractivity contribution in [1.29, 1.82) is 0 Å². The Morgan fingerprint density at radius 1 is 1.17 bits per heavy atom. The average Bonchev–Trinajstić information content (AvgIpc) is 3.06. The van der Waals surface area contributed by atoms with Gasteiger partial charge < -0.3 is 5.32 Å². The molecule has 0 radical (unpaired) electrons. The van der Waals surface area contributed by atoms with Crippen LogP contribution in [-0.2, 0) is 12.9 Å². The van der Waals surface area contributed by atoms with Crippen molar-refractivity contribution in [3.63, 3.8) is 0 Å². The fourth-order valence-corrected chi connectivity index (χ4v) is 4.35. The fraction of sp³-hybridized carbons (Fsp3) is 0.150. The van der Waals surface area contributed by atoms with Crippen LogP contribution in [0.4, 0.5) is 0 Å². The summed E-state index contributed by atoms with van der Waals surface area (Å²) in [7, 11) is 1.06. The minimum atomic E-state index is 0.0208. The molecule has 24 heavy (non-hydrogen) atoms. The Morgan fingerprint density at radius 3 is 2.79 bits per heavy atom. The smallest absolute Gasteiger partial charge is 0.261 e. The van der Waals surface area contributed by atoms with Gasteiger partial charge in [0.1, 0.15) is 0 Å². The Hall–Kier alpha value is -2.33. The van der Waals surface area contributed by atoms with Crippen molar-refractivity contribution >= 4 is 30.0 Å². The number of hydrogen-bond acceptors (Lipinski definition) is 2. The number of benzene rings is 2. The molecule has 2 aromatic carbocycles. The second-order valence-electron chi connectivity index (χ2n) is 6.29. The predicted octanol–water partition coefficient (Wildman–Crippen LogP) is 3.23. The maximum Gasteiger partial charge on any atom is 0.261 e. The molecule has 0 unspecified atom stereocenters. The van der Waals surface area contributed by atoms with Crippen molar-refractivity contribution in [1.82, 2.24) is 5.32 Å². The Balaban J connectivity index is 1.52. The zero-order valence-corrected chi connectivity index (χ0v) is 14.5. The molecule has 4 heteroatoms. The zero-order chi connectivity index (χ0) is 16.5. The second kappa shape index (κ2) is 6.29. The zero-order valence-electron chi connectivity index (χ0n) is 13.6. The summed E-state index contributed by atoms with van der Waals surface area (Å²) in [6.45, 7) is 2.63. The third-order valence-corrected chi connectivity index (χ3v) is 5.74. The summed E-state index contributed by atoms with van der Waals surface area (Å²) in [5, 5.41) is 3.04. The number of thiophene rings is 1. The molecule has 2 nitrogen and oxygen atoms in total. The summed E-state index contributed by atoms with van der Waals surface area (Å²) in [5.74, 6) is 0.0208. The molecule has 0 saturated heterocycles. The largest absolute Gasteiger partial charge is 0.347 e. The lowest BCUT2D eigenvalue weighted by Crippen LogP contribution is -2.23. The molecule has 0 saturated carbocycles. The summed E-state index contributed by atoms with van der Waals surface area (Å²) in [5.41, 5.74) is 6.34. The first-order valence-corrected chi connectivity index (χ1v) is 9.07. The molecule has 0 spiro atoms. The van der Waals surface area contributed by atoms with E-state index < -0.39 is 0 Å². The van der Waals surface area contributed by atoms with E-state index in [1.165, 1.54) is 27.0 Å². The van der Waals surface area contributed by atoms with Gasteiger partial charge in [0, 0.05) is 11.4 Å². The quantitative estimate of drug-likeness (QED) is 0.734. The molecule has 1 aliphatic heterocycles. The fourth-order valence-electron chi connectivity index (χ4n) is 3.16. The van der Waals surface area contributed by atoms with E-state index in [1.807, 2.05) is 0 Å². The monoisotopic (exact) mass is 331 g/mol. The highest BCUT2D eigenvalue weighted by atomic mass is 32.1. The standard InChI is InChI=1S/C20H18BNOS/c1-13-6-8-14(9-7-13)12-22-20(23)18-10-15-11-21-17-5-3-2-4-16(17)19(15)24-18/h2-10,21H,11-12H2,1H3,(H,22,23). The van der Waals surface area contributed by atoms with Crippen LogP contribution < -0.4 is 10.8 Å². The average molecular weight is 331 g/mol. The normalized spacial score (nSPS) is 12.0. The van der Waals surface area contributed by atoms with Gasteiger partial charge in [-0.1, -0.05) is 59.6 Å². The molecule has 2 heterocycles.